The topological polar surface area (TPSA) is 69.1 Å². The Hall–Kier alpha value is -3.03. The quantitative estimate of drug-likeness (QED) is 0.358. The fraction of sp³-hybridized carbons (Fsp3) is 0.296. The average molecular weight is 489 g/mol. The molecule has 3 heterocycles. The van der Waals surface area contributed by atoms with Crippen molar-refractivity contribution in [1.82, 2.24) is 15.2 Å². The van der Waals surface area contributed by atoms with Crippen LogP contribution >= 0.6 is 22.7 Å². The second-order valence-electron chi connectivity index (χ2n) is 10.0. The van der Waals surface area contributed by atoms with Crippen LogP contribution < -0.4 is 5.32 Å². The second-order valence-corrected chi connectivity index (χ2v) is 11.9. The molecular weight excluding hydrogens is 460 g/mol. The standard InChI is InChI=1S/C27H28N4OS2/c1-26(2,3)19-7-5-17(6-8-19)23-24(32)31(16-22-29-12-14-34-22)25(28)30-27(23,4)20-9-10-21-18(15-20)11-13-33-21/h5-15,23H,16H2,1-4H3,(H2,28,30)/t23-,27+/m0/s1. The predicted molar refractivity (Wildman–Crippen MR) is 141 cm³/mol. The minimum absolute atomic E-state index is 0.0274. The summed E-state index contributed by atoms with van der Waals surface area (Å²) < 4.78 is 1.21. The van der Waals surface area contributed by atoms with Crippen molar-refractivity contribution in [3.05, 3.63) is 87.2 Å². The maximum atomic E-state index is 14.1. The van der Waals surface area contributed by atoms with Gasteiger partial charge in [0.05, 0.1) is 18.0 Å². The van der Waals surface area contributed by atoms with Gasteiger partial charge in [0.2, 0.25) is 5.91 Å². The molecule has 1 saturated heterocycles. The van der Waals surface area contributed by atoms with E-state index in [1.807, 2.05) is 12.3 Å². The van der Waals surface area contributed by atoms with Gasteiger partial charge in [-0.15, -0.1) is 22.7 Å². The summed E-state index contributed by atoms with van der Waals surface area (Å²) in [7, 11) is 0. The van der Waals surface area contributed by atoms with Crippen molar-refractivity contribution >= 4 is 44.6 Å². The molecule has 2 aromatic carbocycles. The zero-order chi connectivity index (χ0) is 24.1. The number of amides is 1. The number of rotatable bonds is 4. The predicted octanol–water partition coefficient (Wildman–Crippen LogP) is 6.22. The molecule has 0 aliphatic carbocycles. The third-order valence-corrected chi connectivity index (χ3v) is 8.34. The molecule has 4 aromatic rings. The normalized spacial score (nSPS) is 21.2. The Morgan fingerprint density at radius 3 is 2.53 bits per heavy atom. The van der Waals surface area contributed by atoms with E-state index in [0.29, 0.717) is 6.54 Å². The van der Waals surface area contributed by atoms with E-state index in [4.69, 9.17) is 5.41 Å². The van der Waals surface area contributed by atoms with E-state index in [2.05, 4.69) is 85.0 Å². The first-order chi connectivity index (χ1) is 16.2. The Kier molecular flexibility index (Phi) is 5.57. The fourth-order valence-corrected chi connectivity index (χ4v) is 6.08. The SMILES string of the molecule is CC(C)(C)c1ccc([C@H]2C(=O)N(Cc3nccs3)C(=N)N[C@]2(C)c2ccc3sccc3c2)cc1. The van der Waals surface area contributed by atoms with Gasteiger partial charge in [-0.2, -0.15) is 0 Å². The summed E-state index contributed by atoms with van der Waals surface area (Å²) in [6.07, 6.45) is 1.73. The van der Waals surface area contributed by atoms with E-state index in [0.717, 1.165) is 21.5 Å². The van der Waals surface area contributed by atoms with Crippen LogP contribution in [0.4, 0.5) is 0 Å². The summed E-state index contributed by atoms with van der Waals surface area (Å²) in [6, 6.07) is 16.8. The third kappa shape index (κ3) is 3.93. The molecule has 2 aromatic heterocycles. The molecule has 1 fully saturated rings. The summed E-state index contributed by atoms with van der Waals surface area (Å²) in [5, 5.41) is 18.1. The number of thiazole rings is 1. The number of thiophene rings is 1. The van der Waals surface area contributed by atoms with Crippen molar-refractivity contribution in [2.45, 2.75) is 51.1 Å². The average Bonchev–Trinajstić information content (AvgIpc) is 3.47. The van der Waals surface area contributed by atoms with Gasteiger partial charge in [0.15, 0.2) is 5.96 Å². The number of benzene rings is 2. The molecule has 5 rings (SSSR count). The summed E-state index contributed by atoms with van der Waals surface area (Å²) in [4.78, 5) is 19.9. The molecule has 1 amide bonds. The zero-order valence-corrected chi connectivity index (χ0v) is 21.4. The van der Waals surface area contributed by atoms with Gasteiger partial charge in [0.25, 0.3) is 0 Å². The van der Waals surface area contributed by atoms with Crippen LogP contribution in [0.5, 0.6) is 0 Å². The molecule has 1 aliphatic rings. The largest absolute Gasteiger partial charge is 0.346 e. The maximum absolute atomic E-state index is 14.1. The van der Waals surface area contributed by atoms with E-state index in [1.165, 1.54) is 26.5 Å². The monoisotopic (exact) mass is 488 g/mol. The first-order valence-corrected chi connectivity index (χ1v) is 13.1. The second kappa shape index (κ2) is 8.32. The van der Waals surface area contributed by atoms with Crippen molar-refractivity contribution in [3.8, 4) is 0 Å². The molecule has 34 heavy (non-hydrogen) atoms. The smallest absolute Gasteiger partial charge is 0.239 e. The van der Waals surface area contributed by atoms with Crippen LogP contribution in [0, 0.1) is 5.41 Å². The van der Waals surface area contributed by atoms with Crippen molar-refractivity contribution in [2.75, 3.05) is 0 Å². The van der Waals surface area contributed by atoms with Crippen LogP contribution in [-0.2, 0) is 22.3 Å². The highest BCUT2D eigenvalue weighted by atomic mass is 32.1. The van der Waals surface area contributed by atoms with E-state index >= 15 is 0 Å². The van der Waals surface area contributed by atoms with Gasteiger partial charge in [-0.25, -0.2) is 4.98 Å². The molecule has 1 aliphatic heterocycles. The minimum Gasteiger partial charge on any atom is -0.346 e. The van der Waals surface area contributed by atoms with Crippen LogP contribution in [0.25, 0.3) is 10.1 Å². The lowest BCUT2D eigenvalue weighted by Gasteiger charge is -2.46. The number of fused-ring (bicyclic) bond motifs is 1. The Morgan fingerprint density at radius 2 is 1.85 bits per heavy atom. The van der Waals surface area contributed by atoms with Crippen molar-refractivity contribution in [1.29, 1.82) is 5.41 Å². The summed E-state index contributed by atoms with van der Waals surface area (Å²) in [5.41, 5.74) is 2.42. The van der Waals surface area contributed by atoms with Gasteiger partial charge in [-0.05, 0) is 58.0 Å². The molecule has 7 heteroatoms. The van der Waals surface area contributed by atoms with Gasteiger partial charge in [0.1, 0.15) is 5.01 Å². The molecule has 2 atom stereocenters. The Bertz CT molecular complexity index is 1350. The van der Waals surface area contributed by atoms with Gasteiger partial charge in [-0.1, -0.05) is 51.1 Å². The highest BCUT2D eigenvalue weighted by molar-refractivity contribution is 7.17. The lowest BCUT2D eigenvalue weighted by molar-refractivity contribution is -0.133. The zero-order valence-electron chi connectivity index (χ0n) is 19.8. The van der Waals surface area contributed by atoms with Gasteiger partial charge < -0.3 is 5.32 Å². The van der Waals surface area contributed by atoms with Gasteiger partial charge >= 0.3 is 0 Å². The number of aromatic nitrogens is 1. The number of carbonyl (C=O) groups is 1. The van der Waals surface area contributed by atoms with E-state index in [-0.39, 0.29) is 17.3 Å². The Labute approximate surface area is 208 Å². The number of guanidine groups is 1. The number of hydrogen-bond acceptors (Lipinski definition) is 5. The molecule has 0 bridgehead atoms. The van der Waals surface area contributed by atoms with Gasteiger partial charge in [0, 0.05) is 16.3 Å². The fourth-order valence-electron chi connectivity index (χ4n) is 4.70. The summed E-state index contributed by atoms with van der Waals surface area (Å²) in [6.45, 7) is 8.89. The van der Waals surface area contributed by atoms with Crippen molar-refractivity contribution in [3.63, 3.8) is 0 Å². The minimum atomic E-state index is -0.771. The molecule has 0 saturated carbocycles. The third-order valence-electron chi connectivity index (χ3n) is 6.68. The number of hydrogen-bond donors (Lipinski definition) is 2. The molecule has 174 valence electrons. The van der Waals surface area contributed by atoms with Crippen LogP contribution in [0.3, 0.4) is 0 Å². The lowest BCUT2D eigenvalue weighted by Crippen LogP contribution is -2.63. The molecule has 0 unspecified atom stereocenters. The van der Waals surface area contributed by atoms with E-state index in [9.17, 15) is 4.79 Å². The number of carbonyl (C=O) groups excluding carboxylic acids is 1. The highest BCUT2D eigenvalue weighted by Gasteiger charge is 2.49. The van der Waals surface area contributed by atoms with Crippen molar-refractivity contribution < 1.29 is 4.79 Å². The van der Waals surface area contributed by atoms with E-state index in [1.54, 1.807) is 17.5 Å². The lowest BCUT2D eigenvalue weighted by atomic mass is 9.73. The van der Waals surface area contributed by atoms with Crippen molar-refractivity contribution in [2.24, 2.45) is 0 Å². The maximum Gasteiger partial charge on any atom is 0.239 e. The van der Waals surface area contributed by atoms with E-state index < -0.39 is 11.5 Å². The molecule has 0 spiro atoms. The first-order valence-electron chi connectivity index (χ1n) is 11.3. The first kappa shape index (κ1) is 22.7. The molecule has 5 nitrogen and oxygen atoms in total. The highest BCUT2D eigenvalue weighted by Crippen LogP contribution is 2.43. The number of nitrogens with one attached hydrogen (secondary N) is 2. The summed E-state index contributed by atoms with van der Waals surface area (Å²) >= 11 is 3.20. The number of nitrogens with zero attached hydrogens (tertiary/aromatic N) is 2. The Morgan fingerprint density at radius 1 is 1.09 bits per heavy atom. The summed E-state index contributed by atoms with van der Waals surface area (Å²) in [5.74, 6) is -0.474. The molecule has 2 N–H and O–H groups in total. The van der Waals surface area contributed by atoms with Crippen LogP contribution in [0.2, 0.25) is 0 Å². The molecule has 0 radical (unpaired) electrons. The van der Waals surface area contributed by atoms with Crippen LogP contribution in [-0.4, -0.2) is 21.8 Å². The Balaban J connectivity index is 1.61. The molecular formula is C27H28N4OS2. The van der Waals surface area contributed by atoms with Crippen LogP contribution in [0.15, 0.2) is 65.5 Å². The van der Waals surface area contributed by atoms with Crippen LogP contribution in [0.1, 0.15) is 55.3 Å². The van der Waals surface area contributed by atoms with Gasteiger partial charge in [-0.3, -0.25) is 15.1 Å².